The highest BCUT2D eigenvalue weighted by atomic mass is 16.5. The molecule has 2 aromatic rings. The third-order valence-corrected chi connectivity index (χ3v) is 5.79. The number of likely N-dealkylation sites (tertiary alicyclic amines) is 2. The van der Waals surface area contributed by atoms with Crippen molar-refractivity contribution in [3.8, 4) is 0 Å². The molecule has 0 unspecified atom stereocenters. The van der Waals surface area contributed by atoms with Crippen LogP contribution in [-0.4, -0.2) is 61.7 Å². The van der Waals surface area contributed by atoms with Crippen LogP contribution in [-0.2, 0) is 11.8 Å². The molecule has 138 valence electrons. The molecule has 2 aliphatic rings. The van der Waals surface area contributed by atoms with Gasteiger partial charge in [0, 0.05) is 50.0 Å². The molecule has 8 nitrogen and oxygen atoms in total. The fourth-order valence-electron chi connectivity index (χ4n) is 4.45. The number of rotatable bonds is 3. The Kier molecular flexibility index (Phi) is 4.05. The maximum absolute atomic E-state index is 13.0. The van der Waals surface area contributed by atoms with Gasteiger partial charge in [-0.2, -0.15) is 5.10 Å². The van der Waals surface area contributed by atoms with Gasteiger partial charge in [0.05, 0.1) is 18.3 Å². The first-order chi connectivity index (χ1) is 12.5. The van der Waals surface area contributed by atoms with E-state index in [9.17, 15) is 9.59 Å². The maximum Gasteiger partial charge on any atom is 0.292 e. The zero-order valence-electron chi connectivity index (χ0n) is 15.1. The molecule has 4 heterocycles. The SMILES string of the molecule is CCN1C(=O)[C@H](c2cnn(C)c2)CC12CCN(C(=O)c1ccno1)CC2. The van der Waals surface area contributed by atoms with Crippen molar-refractivity contribution < 1.29 is 14.1 Å². The first-order valence-electron chi connectivity index (χ1n) is 9.04. The minimum absolute atomic E-state index is 0.131. The number of aryl methyl sites for hydroxylation is 1. The van der Waals surface area contributed by atoms with E-state index in [1.54, 1.807) is 21.8 Å². The van der Waals surface area contributed by atoms with Gasteiger partial charge in [-0.1, -0.05) is 5.16 Å². The summed E-state index contributed by atoms with van der Waals surface area (Å²) in [6.07, 6.45) is 7.55. The molecule has 2 aliphatic heterocycles. The van der Waals surface area contributed by atoms with E-state index < -0.39 is 0 Å². The van der Waals surface area contributed by atoms with Gasteiger partial charge in [-0.05, 0) is 26.2 Å². The van der Waals surface area contributed by atoms with Crippen LogP contribution in [0.2, 0.25) is 0 Å². The van der Waals surface area contributed by atoms with Gasteiger partial charge in [-0.25, -0.2) is 0 Å². The van der Waals surface area contributed by atoms with E-state index in [0.717, 1.165) is 24.8 Å². The highest BCUT2D eigenvalue weighted by Crippen LogP contribution is 2.45. The molecule has 0 radical (unpaired) electrons. The monoisotopic (exact) mass is 357 g/mol. The molecular formula is C18H23N5O3. The van der Waals surface area contributed by atoms with Crippen LogP contribution in [0.25, 0.3) is 0 Å². The van der Waals surface area contributed by atoms with E-state index in [0.29, 0.717) is 19.6 Å². The number of carbonyl (C=O) groups is 2. The van der Waals surface area contributed by atoms with Crippen LogP contribution < -0.4 is 0 Å². The first-order valence-corrected chi connectivity index (χ1v) is 9.04. The van der Waals surface area contributed by atoms with Gasteiger partial charge in [0.15, 0.2) is 0 Å². The number of hydrogen-bond acceptors (Lipinski definition) is 5. The average molecular weight is 357 g/mol. The van der Waals surface area contributed by atoms with E-state index in [-0.39, 0.29) is 29.0 Å². The molecule has 0 saturated carbocycles. The molecule has 26 heavy (non-hydrogen) atoms. The molecule has 8 heteroatoms. The zero-order chi connectivity index (χ0) is 18.3. The number of carbonyl (C=O) groups excluding carboxylic acids is 2. The topological polar surface area (TPSA) is 84.5 Å². The van der Waals surface area contributed by atoms with Gasteiger partial charge >= 0.3 is 0 Å². The van der Waals surface area contributed by atoms with Gasteiger partial charge in [0.25, 0.3) is 5.91 Å². The molecule has 0 aromatic carbocycles. The summed E-state index contributed by atoms with van der Waals surface area (Å²) >= 11 is 0. The molecule has 2 aromatic heterocycles. The van der Waals surface area contributed by atoms with Gasteiger partial charge in [0.1, 0.15) is 0 Å². The smallest absolute Gasteiger partial charge is 0.292 e. The summed E-state index contributed by atoms with van der Waals surface area (Å²) in [6.45, 7) is 3.94. The standard InChI is InChI=1S/C18H23N5O3/c1-3-23-16(24)14(13-11-19-21(2)12-13)10-18(23)5-8-22(9-6-18)17(25)15-4-7-20-26-15/h4,7,11-12,14H,3,5-6,8-10H2,1-2H3/t14-/m0/s1. The fourth-order valence-corrected chi connectivity index (χ4v) is 4.45. The lowest BCUT2D eigenvalue weighted by Gasteiger charge is -2.44. The first kappa shape index (κ1) is 16.8. The lowest BCUT2D eigenvalue weighted by molar-refractivity contribution is -0.133. The summed E-state index contributed by atoms with van der Waals surface area (Å²) in [5.41, 5.74) is 0.804. The zero-order valence-corrected chi connectivity index (χ0v) is 15.1. The van der Waals surface area contributed by atoms with Crippen LogP contribution in [0.4, 0.5) is 0 Å². The Morgan fingerprint density at radius 2 is 2.15 bits per heavy atom. The van der Waals surface area contributed by atoms with Crippen molar-refractivity contribution in [1.82, 2.24) is 24.7 Å². The summed E-state index contributed by atoms with van der Waals surface area (Å²) in [5.74, 6) is 0.174. The summed E-state index contributed by atoms with van der Waals surface area (Å²) in [5, 5.41) is 7.83. The van der Waals surface area contributed by atoms with Crippen LogP contribution in [0.5, 0.6) is 0 Å². The van der Waals surface area contributed by atoms with Crippen LogP contribution in [0.1, 0.15) is 48.2 Å². The van der Waals surface area contributed by atoms with Crippen LogP contribution >= 0.6 is 0 Å². The van der Waals surface area contributed by atoms with Crippen molar-refractivity contribution in [3.63, 3.8) is 0 Å². The highest BCUT2D eigenvalue weighted by Gasteiger charge is 2.52. The molecule has 2 saturated heterocycles. The second-order valence-electron chi connectivity index (χ2n) is 7.18. The van der Waals surface area contributed by atoms with Crippen molar-refractivity contribution >= 4 is 11.8 Å². The molecule has 4 rings (SSSR count). The van der Waals surface area contributed by atoms with Crippen LogP contribution in [0, 0.1) is 0 Å². The molecular weight excluding hydrogens is 334 g/mol. The molecule has 0 aliphatic carbocycles. The quantitative estimate of drug-likeness (QED) is 0.829. The number of aromatic nitrogens is 3. The van der Waals surface area contributed by atoms with Crippen molar-refractivity contribution in [1.29, 1.82) is 0 Å². The third kappa shape index (κ3) is 2.60. The Balaban J connectivity index is 1.51. The molecule has 2 amide bonds. The molecule has 1 atom stereocenters. The van der Waals surface area contributed by atoms with Gasteiger partial charge < -0.3 is 14.3 Å². The largest absolute Gasteiger partial charge is 0.351 e. The Bertz CT molecular complexity index is 805. The van der Waals surface area contributed by atoms with E-state index in [4.69, 9.17) is 4.52 Å². The van der Waals surface area contributed by atoms with E-state index >= 15 is 0 Å². The fraction of sp³-hybridized carbons (Fsp3) is 0.556. The third-order valence-electron chi connectivity index (χ3n) is 5.79. The predicted molar refractivity (Wildman–Crippen MR) is 92.3 cm³/mol. The van der Waals surface area contributed by atoms with Gasteiger partial charge in [-0.15, -0.1) is 0 Å². The minimum atomic E-state index is -0.176. The van der Waals surface area contributed by atoms with E-state index in [1.165, 1.54) is 6.20 Å². The second-order valence-corrected chi connectivity index (χ2v) is 7.18. The average Bonchev–Trinajstić information content (AvgIpc) is 3.36. The van der Waals surface area contributed by atoms with E-state index in [1.807, 2.05) is 25.1 Å². The molecule has 0 bridgehead atoms. The summed E-state index contributed by atoms with van der Waals surface area (Å²) in [4.78, 5) is 29.3. The Morgan fingerprint density at radius 1 is 1.38 bits per heavy atom. The highest BCUT2D eigenvalue weighted by molar-refractivity contribution is 5.91. The van der Waals surface area contributed by atoms with Crippen molar-refractivity contribution in [2.75, 3.05) is 19.6 Å². The number of likely N-dealkylation sites (N-methyl/N-ethyl adjacent to an activating group) is 1. The maximum atomic E-state index is 13.0. The Morgan fingerprint density at radius 3 is 2.73 bits per heavy atom. The summed E-state index contributed by atoms with van der Waals surface area (Å²) < 4.78 is 6.73. The number of hydrogen-bond donors (Lipinski definition) is 0. The Hall–Kier alpha value is -2.64. The minimum Gasteiger partial charge on any atom is -0.351 e. The van der Waals surface area contributed by atoms with Crippen LogP contribution in [0.15, 0.2) is 29.2 Å². The Labute approximate surface area is 151 Å². The van der Waals surface area contributed by atoms with Crippen molar-refractivity contribution in [2.45, 2.75) is 37.6 Å². The molecule has 2 fully saturated rings. The van der Waals surface area contributed by atoms with Gasteiger partial charge in [-0.3, -0.25) is 14.3 Å². The number of amides is 2. The van der Waals surface area contributed by atoms with Gasteiger partial charge in [0.2, 0.25) is 11.7 Å². The normalized spacial score (nSPS) is 22.4. The lowest BCUT2D eigenvalue weighted by atomic mass is 9.81. The van der Waals surface area contributed by atoms with E-state index in [2.05, 4.69) is 10.3 Å². The van der Waals surface area contributed by atoms with Crippen LogP contribution in [0.3, 0.4) is 0 Å². The molecule has 1 spiro atoms. The summed E-state index contributed by atoms with van der Waals surface area (Å²) in [6, 6.07) is 1.59. The van der Waals surface area contributed by atoms with Crippen molar-refractivity contribution in [3.05, 3.63) is 36.0 Å². The lowest BCUT2D eigenvalue weighted by Crippen LogP contribution is -2.54. The number of piperidine rings is 1. The molecule has 0 N–H and O–H groups in total. The predicted octanol–water partition coefficient (Wildman–Crippen LogP) is 1.42. The number of nitrogens with zero attached hydrogens (tertiary/aromatic N) is 5. The van der Waals surface area contributed by atoms with Crippen molar-refractivity contribution in [2.24, 2.45) is 7.05 Å². The second kappa shape index (κ2) is 6.26. The summed E-state index contributed by atoms with van der Waals surface area (Å²) in [7, 11) is 1.86.